The molecule has 0 bridgehead atoms. The molecule has 2 aromatic carbocycles. The van der Waals surface area contributed by atoms with Crippen molar-refractivity contribution in [2.24, 2.45) is 0 Å². The van der Waals surface area contributed by atoms with Crippen molar-refractivity contribution in [1.82, 2.24) is 4.98 Å². The first-order valence-corrected chi connectivity index (χ1v) is 7.87. The van der Waals surface area contributed by atoms with E-state index in [0.29, 0.717) is 0 Å². The van der Waals surface area contributed by atoms with Gasteiger partial charge in [-0.15, -0.1) is 0 Å². The van der Waals surface area contributed by atoms with E-state index in [1.165, 1.54) is 22.2 Å². The Balaban J connectivity index is 0.00000208. The minimum atomic E-state index is 0. The van der Waals surface area contributed by atoms with Crippen molar-refractivity contribution < 1.29 is 12.4 Å². The first-order chi connectivity index (χ1) is 10.9. The highest BCUT2D eigenvalue weighted by atomic mass is 35.5. The summed E-state index contributed by atoms with van der Waals surface area (Å²) in [7, 11) is 4.10. The Morgan fingerprint density at radius 2 is 1.58 bits per heavy atom. The number of halogens is 1. The topological polar surface area (TPSA) is 28.2 Å². The summed E-state index contributed by atoms with van der Waals surface area (Å²) in [6, 6.07) is 15.0. The summed E-state index contributed by atoms with van der Waals surface area (Å²) >= 11 is 0. The standard InChI is InChI=1S/C20H23N3.ClH/c1-13-10-14(2)20-18(11-13)19(12-15(3)21-20)22-16-6-8-17(9-7-16)23(4)5;/h6-12H,1-5H3,(H,21,22);1H/p-1. The number of benzene rings is 2. The number of fused-ring (bicyclic) bond motifs is 1. The highest BCUT2D eigenvalue weighted by molar-refractivity contribution is 5.95. The smallest absolute Gasteiger partial charge is 0.0755 e. The molecule has 0 aliphatic rings. The third-order valence-corrected chi connectivity index (χ3v) is 4.04. The van der Waals surface area contributed by atoms with Crippen LogP contribution in [0.2, 0.25) is 0 Å². The number of rotatable bonds is 3. The van der Waals surface area contributed by atoms with Crippen LogP contribution < -0.4 is 22.6 Å². The van der Waals surface area contributed by atoms with E-state index in [9.17, 15) is 0 Å². The molecule has 24 heavy (non-hydrogen) atoms. The van der Waals surface area contributed by atoms with E-state index in [2.05, 4.69) is 66.5 Å². The maximum Gasteiger partial charge on any atom is 0.0755 e. The van der Waals surface area contributed by atoms with Gasteiger partial charge in [0.25, 0.3) is 0 Å². The predicted octanol–water partition coefficient (Wildman–Crippen LogP) is 1.97. The lowest BCUT2D eigenvalue weighted by Gasteiger charge is -2.15. The van der Waals surface area contributed by atoms with E-state index < -0.39 is 0 Å². The number of hydrogen-bond acceptors (Lipinski definition) is 3. The van der Waals surface area contributed by atoms with Gasteiger partial charge in [-0.1, -0.05) is 11.6 Å². The molecule has 0 unspecified atom stereocenters. The Morgan fingerprint density at radius 1 is 0.917 bits per heavy atom. The van der Waals surface area contributed by atoms with Crippen LogP contribution >= 0.6 is 0 Å². The monoisotopic (exact) mass is 340 g/mol. The van der Waals surface area contributed by atoms with Crippen LogP contribution in [0.15, 0.2) is 42.5 Å². The summed E-state index contributed by atoms with van der Waals surface area (Å²) in [6.45, 7) is 6.29. The van der Waals surface area contributed by atoms with Crippen LogP contribution in [0.3, 0.4) is 0 Å². The molecule has 0 fully saturated rings. The predicted molar refractivity (Wildman–Crippen MR) is 100 cm³/mol. The van der Waals surface area contributed by atoms with Gasteiger partial charge in [0.2, 0.25) is 0 Å². The van der Waals surface area contributed by atoms with Gasteiger partial charge >= 0.3 is 0 Å². The third kappa shape index (κ3) is 3.62. The Hall–Kier alpha value is -2.26. The van der Waals surface area contributed by atoms with Crippen LogP contribution in [0.25, 0.3) is 10.9 Å². The van der Waals surface area contributed by atoms with Crippen molar-refractivity contribution in [1.29, 1.82) is 0 Å². The first kappa shape index (κ1) is 18.1. The van der Waals surface area contributed by atoms with Gasteiger partial charge in [-0.25, -0.2) is 0 Å². The molecule has 1 aromatic heterocycles. The zero-order chi connectivity index (χ0) is 16.6. The van der Waals surface area contributed by atoms with Gasteiger partial charge in [-0.3, -0.25) is 4.98 Å². The summed E-state index contributed by atoms with van der Waals surface area (Å²) in [5.74, 6) is 0. The Bertz CT molecular complexity index is 855. The van der Waals surface area contributed by atoms with Crippen LogP contribution in [-0.2, 0) is 0 Å². The summed E-state index contributed by atoms with van der Waals surface area (Å²) in [5, 5.41) is 4.72. The third-order valence-electron chi connectivity index (χ3n) is 4.04. The number of nitrogens with zero attached hydrogens (tertiary/aromatic N) is 2. The van der Waals surface area contributed by atoms with Crippen LogP contribution in [0.5, 0.6) is 0 Å². The zero-order valence-electron chi connectivity index (χ0n) is 14.8. The molecule has 3 aromatic rings. The quantitative estimate of drug-likeness (QED) is 0.790. The molecular weight excluding hydrogens is 318 g/mol. The van der Waals surface area contributed by atoms with Gasteiger partial charge < -0.3 is 22.6 Å². The van der Waals surface area contributed by atoms with Crippen molar-refractivity contribution >= 4 is 28.0 Å². The van der Waals surface area contributed by atoms with Crippen molar-refractivity contribution in [3.63, 3.8) is 0 Å². The van der Waals surface area contributed by atoms with E-state index in [-0.39, 0.29) is 12.4 Å². The van der Waals surface area contributed by atoms with E-state index in [0.717, 1.165) is 22.6 Å². The lowest BCUT2D eigenvalue weighted by molar-refractivity contribution is -0.00000495. The average molecular weight is 341 g/mol. The molecule has 0 saturated carbocycles. The zero-order valence-corrected chi connectivity index (χ0v) is 15.6. The van der Waals surface area contributed by atoms with Gasteiger partial charge in [0.15, 0.2) is 0 Å². The molecule has 0 atom stereocenters. The fraction of sp³-hybridized carbons (Fsp3) is 0.250. The van der Waals surface area contributed by atoms with E-state index in [1.807, 2.05) is 21.0 Å². The molecule has 0 saturated heterocycles. The molecule has 3 nitrogen and oxygen atoms in total. The second-order valence-electron chi connectivity index (χ2n) is 6.36. The van der Waals surface area contributed by atoms with Gasteiger partial charge in [0.05, 0.1) is 5.52 Å². The molecular formula is C20H23ClN3-. The van der Waals surface area contributed by atoms with E-state index >= 15 is 0 Å². The largest absolute Gasteiger partial charge is 1.00 e. The molecule has 3 rings (SSSR count). The second-order valence-corrected chi connectivity index (χ2v) is 6.36. The molecule has 0 aliphatic carbocycles. The fourth-order valence-corrected chi connectivity index (χ4v) is 2.91. The molecule has 126 valence electrons. The van der Waals surface area contributed by atoms with Crippen LogP contribution in [0.1, 0.15) is 16.8 Å². The van der Waals surface area contributed by atoms with Gasteiger partial charge in [-0.05, 0) is 62.7 Å². The fourth-order valence-electron chi connectivity index (χ4n) is 2.91. The maximum atomic E-state index is 4.71. The van der Waals surface area contributed by atoms with Gasteiger partial charge in [0, 0.05) is 42.2 Å². The number of nitrogens with one attached hydrogen (secondary N) is 1. The minimum absolute atomic E-state index is 0. The van der Waals surface area contributed by atoms with Crippen LogP contribution in [0.4, 0.5) is 17.1 Å². The second kappa shape index (κ2) is 7.10. The first-order valence-electron chi connectivity index (χ1n) is 7.87. The summed E-state index contributed by atoms with van der Waals surface area (Å²) in [5.41, 5.74) is 7.96. The highest BCUT2D eigenvalue weighted by Crippen LogP contribution is 2.30. The molecule has 0 amide bonds. The van der Waals surface area contributed by atoms with Gasteiger partial charge in [-0.2, -0.15) is 0 Å². The molecule has 4 heteroatoms. The Morgan fingerprint density at radius 3 is 2.21 bits per heavy atom. The lowest BCUT2D eigenvalue weighted by atomic mass is 10.0. The van der Waals surface area contributed by atoms with Gasteiger partial charge in [0.1, 0.15) is 0 Å². The average Bonchev–Trinajstić information content (AvgIpc) is 2.49. The maximum absolute atomic E-state index is 4.71. The highest BCUT2D eigenvalue weighted by Gasteiger charge is 2.08. The Labute approximate surface area is 150 Å². The molecule has 1 N–H and O–H groups in total. The normalized spacial score (nSPS) is 10.4. The van der Waals surface area contributed by atoms with Crippen molar-refractivity contribution in [2.45, 2.75) is 20.8 Å². The van der Waals surface area contributed by atoms with Crippen molar-refractivity contribution in [3.05, 3.63) is 59.3 Å². The Kier molecular flexibility index (Phi) is 5.35. The molecule has 0 spiro atoms. The number of hydrogen-bond donors (Lipinski definition) is 1. The van der Waals surface area contributed by atoms with Crippen LogP contribution in [0, 0.1) is 20.8 Å². The summed E-state index contributed by atoms with van der Waals surface area (Å²) in [6.07, 6.45) is 0. The SMILES string of the molecule is Cc1cc(C)c2nc(C)cc(Nc3ccc(N(C)C)cc3)c2c1.[Cl-]. The molecule has 0 aliphatic heterocycles. The van der Waals surface area contributed by atoms with Crippen molar-refractivity contribution in [3.8, 4) is 0 Å². The number of pyridine rings is 1. The van der Waals surface area contributed by atoms with Crippen molar-refractivity contribution in [2.75, 3.05) is 24.3 Å². The number of aromatic nitrogens is 1. The summed E-state index contributed by atoms with van der Waals surface area (Å²) in [4.78, 5) is 6.81. The number of aryl methyl sites for hydroxylation is 3. The molecule has 0 radical (unpaired) electrons. The number of anilines is 3. The van der Waals surface area contributed by atoms with E-state index in [1.54, 1.807) is 0 Å². The minimum Gasteiger partial charge on any atom is -1.00 e. The molecule has 1 heterocycles. The summed E-state index contributed by atoms with van der Waals surface area (Å²) < 4.78 is 0. The van der Waals surface area contributed by atoms with Crippen LogP contribution in [-0.4, -0.2) is 19.1 Å². The lowest BCUT2D eigenvalue weighted by Crippen LogP contribution is -3.00. The van der Waals surface area contributed by atoms with E-state index in [4.69, 9.17) is 4.98 Å².